The number of hydrogen-bond donors (Lipinski definition) is 1. The minimum absolute atomic E-state index is 0.169. The van der Waals surface area contributed by atoms with E-state index in [0.717, 1.165) is 11.3 Å². The van der Waals surface area contributed by atoms with Crippen LogP contribution in [0.4, 0.5) is 0 Å². The van der Waals surface area contributed by atoms with Gasteiger partial charge in [-0.25, -0.2) is 0 Å². The molecule has 0 bridgehead atoms. The molecule has 0 aliphatic carbocycles. The fraction of sp³-hybridized carbons (Fsp3) is 0.467. The van der Waals surface area contributed by atoms with Gasteiger partial charge in [-0.1, -0.05) is 39.0 Å². The zero-order chi connectivity index (χ0) is 12.8. The first kappa shape index (κ1) is 13.8. The van der Waals surface area contributed by atoms with Gasteiger partial charge in [0, 0.05) is 12.2 Å². The monoisotopic (exact) mass is 234 g/mol. The van der Waals surface area contributed by atoms with Crippen LogP contribution in [-0.4, -0.2) is 18.8 Å². The maximum absolute atomic E-state index is 9.00. The summed E-state index contributed by atoms with van der Waals surface area (Å²) in [6.07, 6.45) is 4.02. The van der Waals surface area contributed by atoms with E-state index in [1.54, 1.807) is 7.11 Å². The molecule has 0 spiro atoms. The van der Waals surface area contributed by atoms with E-state index < -0.39 is 0 Å². The number of aliphatic hydroxyl groups is 1. The van der Waals surface area contributed by atoms with Crippen molar-refractivity contribution in [1.82, 2.24) is 0 Å². The highest BCUT2D eigenvalue weighted by atomic mass is 16.5. The van der Waals surface area contributed by atoms with Gasteiger partial charge in [-0.3, -0.25) is 0 Å². The largest absolute Gasteiger partial charge is 0.496 e. The smallest absolute Gasteiger partial charge is 0.126 e. The first-order chi connectivity index (χ1) is 8.08. The standard InChI is InChI=1S/C15H22O2/c1-11(2)13-7-8-15(17-4)14(9-13)6-5-12(3)10-16/h5-9,11-12,16H,10H2,1-4H3/t12-/m0/s1. The molecular weight excluding hydrogens is 212 g/mol. The lowest BCUT2D eigenvalue weighted by molar-refractivity contribution is 0.262. The molecule has 94 valence electrons. The fourth-order valence-corrected chi connectivity index (χ4v) is 1.57. The van der Waals surface area contributed by atoms with Crippen LogP contribution in [0.2, 0.25) is 0 Å². The Morgan fingerprint density at radius 3 is 2.53 bits per heavy atom. The fourth-order valence-electron chi connectivity index (χ4n) is 1.57. The Morgan fingerprint density at radius 1 is 1.29 bits per heavy atom. The van der Waals surface area contributed by atoms with Crippen LogP contribution in [0.3, 0.4) is 0 Å². The molecule has 0 saturated carbocycles. The van der Waals surface area contributed by atoms with Gasteiger partial charge in [0.2, 0.25) is 0 Å². The van der Waals surface area contributed by atoms with Gasteiger partial charge >= 0.3 is 0 Å². The SMILES string of the molecule is COc1ccc(C(C)C)cc1C=C[C@H](C)CO. The van der Waals surface area contributed by atoms with Gasteiger partial charge < -0.3 is 9.84 Å². The first-order valence-electron chi connectivity index (χ1n) is 6.05. The molecule has 1 rings (SSSR count). The summed E-state index contributed by atoms with van der Waals surface area (Å²) in [5.41, 5.74) is 2.36. The van der Waals surface area contributed by atoms with Crippen LogP contribution in [0, 0.1) is 5.92 Å². The molecule has 0 amide bonds. The van der Waals surface area contributed by atoms with Crippen LogP contribution < -0.4 is 4.74 Å². The number of ether oxygens (including phenoxy) is 1. The number of aliphatic hydroxyl groups excluding tert-OH is 1. The molecule has 0 saturated heterocycles. The Balaban J connectivity index is 3.02. The third-order valence-corrected chi connectivity index (χ3v) is 2.81. The van der Waals surface area contributed by atoms with Crippen LogP contribution >= 0.6 is 0 Å². The predicted molar refractivity (Wildman–Crippen MR) is 72.4 cm³/mol. The van der Waals surface area contributed by atoms with Gasteiger partial charge in [-0.05, 0) is 29.5 Å². The topological polar surface area (TPSA) is 29.5 Å². The lowest BCUT2D eigenvalue weighted by atomic mass is 9.99. The van der Waals surface area contributed by atoms with E-state index in [1.807, 2.05) is 25.1 Å². The molecule has 0 aromatic heterocycles. The Kier molecular flexibility index (Phi) is 5.23. The van der Waals surface area contributed by atoms with Crippen LogP contribution in [0.1, 0.15) is 37.8 Å². The summed E-state index contributed by atoms with van der Waals surface area (Å²) >= 11 is 0. The molecule has 1 N–H and O–H groups in total. The van der Waals surface area contributed by atoms with Gasteiger partial charge in [0.15, 0.2) is 0 Å². The molecule has 0 heterocycles. The van der Waals surface area contributed by atoms with Crippen molar-refractivity contribution in [3.05, 3.63) is 35.4 Å². The number of methoxy groups -OCH3 is 1. The minimum atomic E-state index is 0.169. The summed E-state index contributed by atoms with van der Waals surface area (Å²) in [4.78, 5) is 0. The zero-order valence-corrected chi connectivity index (χ0v) is 11.1. The van der Waals surface area contributed by atoms with Crippen LogP contribution in [0.5, 0.6) is 5.75 Å². The van der Waals surface area contributed by atoms with Gasteiger partial charge in [-0.2, -0.15) is 0 Å². The second-order valence-electron chi connectivity index (χ2n) is 4.68. The third-order valence-electron chi connectivity index (χ3n) is 2.81. The molecule has 1 atom stereocenters. The van der Waals surface area contributed by atoms with E-state index in [2.05, 4.69) is 26.0 Å². The predicted octanol–water partition coefficient (Wildman–Crippen LogP) is 3.46. The second-order valence-corrected chi connectivity index (χ2v) is 4.68. The summed E-state index contributed by atoms with van der Waals surface area (Å²) in [5, 5.41) is 9.00. The lowest BCUT2D eigenvalue weighted by Crippen LogP contribution is -1.96. The Labute approximate surface area is 104 Å². The minimum Gasteiger partial charge on any atom is -0.496 e. The van der Waals surface area contributed by atoms with E-state index >= 15 is 0 Å². The highest BCUT2D eigenvalue weighted by Crippen LogP contribution is 2.25. The van der Waals surface area contributed by atoms with Crippen molar-refractivity contribution >= 4 is 6.08 Å². The molecule has 0 fully saturated rings. The second kappa shape index (κ2) is 6.45. The summed E-state index contributed by atoms with van der Waals surface area (Å²) in [7, 11) is 1.68. The van der Waals surface area contributed by atoms with Crippen molar-refractivity contribution in [1.29, 1.82) is 0 Å². The highest BCUT2D eigenvalue weighted by molar-refractivity contribution is 5.59. The maximum Gasteiger partial charge on any atom is 0.126 e. The van der Waals surface area contributed by atoms with Crippen molar-refractivity contribution in [3.63, 3.8) is 0 Å². The molecule has 0 aliphatic rings. The van der Waals surface area contributed by atoms with E-state index in [9.17, 15) is 0 Å². The van der Waals surface area contributed by atoms with E-state index in [4.69, 9.17) is 9.84 Å². The van der Waals surface area contributed by atoms with Gasteiger partial charge in [0.1, 0.15) is 5.75 Å². The Hall–Kier alpha value is -1.28. The maximum atomic E-state index is 9.00. The van der Waals surface area contributed by atoms with Crippen molar-refractivity contribution in [3.8, 4) is 5.75 Å². The number of rotatable bonds is 5. The number of hydrogen-bond acceptors (Lipinski definition) is 2. The molecule has 0 unspecified atom stereocenters. The summed E-state index contributed by atoms with van der Waals surface area (Å²) in [6.45, 7) is 6.50. The molecule has 1 aromatic carbocycles. The van der Waals surface area contributed by atoms with Crippen LogP contribution in [0.25, 0.3) is 6.08 Å². The molecule has 2 nitrogen and oxygen atoms in total. The van der Waals surface area contributed by atoms with Crippen molar-refractivity contribution < 1.29 is 9.84 Å². The van der Waals surface area contributed by atoms with Gasteiger partial charge in [0.25, 0.3) is 0 Å². The lowest BCUT2D eigenvalue weighted by Gasteiger charge is -2.10. The van der Waals surface area contributed by atoms with Crippen LogP contribution in [-0.2, 0) is 0 Å². The summed E-state index contributed by atoms with van der Waals surface area (Å²) in [6, 6.07) is 6.24. The average Bonchev–Trinajstić information content (AvgIpc) is 2.35. The average molecular weight is 234 g/mol. The third kappa shape index (κ3) is 3.90. The molecule has 2 heteroatoms. The number of benzene rings is 1. The molecule has 0 aliphatic heterocycles. The van der Waals surface area contributed by atoms with Crippen molar-refractivity contribution in [2.75, 3.05) is 13.7 Å². The first-order valence-corrected chi connectivity index (χ1v) is 6.05. The van der Waals surface area contributed by atoms with E-state index in [1.165, 1.54) is 5.56 Å². The summed E-state index contributed by atoms with van der Waals surface area (Å²) < 4.78 is 5.33. The molecular formula is C15H22O2. The molecule has 0 radical (unpaired) electrons. The normalized spacial score (nSPS) is 13.3. The highest BCUT2D eigenvalue weighted by Gasteiger charge is 2.05. The van der Waals surface area contributed by atoms with Crippen molar-refractivity contribution in [2.45, 2.75) is 26.7 Å². The zero-order valence-electron chi connectivity index (χ0n) is 11.1. The van der Waals surface area contributed by atoms with Gasteiger partial charge in [0.05, 0.1) is 7.11 Å². The quantitative estimate of drug-likeness (QED) is 0.845. The molecule has 1 aromatic rings. The summed E-state index contributed by atoms with van der Waals surface area (Å²) in [5.74, 6) is 1.54. The molecule has 17 heavy (non-hydrogen) atoms. The van der Waals surface area contributed by atoms with Crippen LogP contribution in [0.15, 0.2) is 24.3 Å². The van der Waals surface area contributed by atoms with E-state index in [0.29, 0.717) is 5.92 Å². The van der Waals surface area contributed by atoms with E-state index in [-0.39, 0.29) is 12.5 Å². The van der Waals surface area contributed by atoms with Gasteiger partial charge in [-0.15, -0.1) is 0 Å². The van der Waals surface area contributed by atoms with Crippen molar-refractivity contribution in [2.24, 2.45) is 5.92 Å². The Bertz CT molecular complexity index is 381. The Morgan fingerprint density at radius 2 is 2.00 bits per heavy atom.